The minimum atomic E-state index is 0. The van der Waals surface area contributed by atoms with Crippen LogP contribution < -0.4 is 5.32 Å². The van der Waals surface area contributed by atoms with Crippen LogP contribution in [0.1, 0.15) is 58.3 Å². The maximum atomic E-state index is 12.9. The van der Waals surface area contributed by atoms with Gasteiger partial charge in [-0.25, -0.2) is 0 Å². The van der Waals surface area contributed by atoms with E-state index in [1.165, 1.54) is 44.9 Å². The number of piperidine rings is 1. The monoisotopic (exact) mass is 300 g/mol. The van der Waals surface area contributed by atoms with Crippen molar-refractivity contribution in [1.29, 1.82) is 0 Å². The van der Waals surface area contributed by atoms with Crippen LogP contribution in [0.5, 0.6) is 0 Å². The first-order chi connectivity index (χ1) is 9.27. The number of nitrogens with zero attached hydrogens (tertiary/aromatic N) is 1. The Kier molecular flexibility index (Phi) is 5.36. The van der Waals surface area contributed by atoms with E-state index in [4.69, 9.17) is 0 Å². The van der Waals surface area contributed by atoms with Crippen LogP contribution in [0.25, 0.3) is 0 Å². The van der Waals surface area contributed by atoms with Gasteiger partial charge in [0.1, 0.15) is 0 Å². The number of likely N-dealkylation sites (tertiary alicyclic amines) is 1. The van der Waals surface area contributed by atoms with Gasteiger partial charge in [0.2, 0.25) is 5.91 Å². The fourth-order valence-electron chi connectivity index (χ4n) is 4.27. The summed E-state index contributed by atoms with van der Waals surface area (Å²) in [4.78, 5) is 15.1. The van der Waals surface area contributed by atoms with Gasteiger partial charge in [-0.05, 0) is 57.0 Å². The highest BCUT2D eigenvalue weighted by Crippen LogP contribution is 2.59. The van der Waals surface area contributed by atoms with Gasteiger partial charge in [-0.1, -0.05) is 19.8 Å². The molecule has 2 saturated heterocycles. The molecular weight excluding hydrogens is 272 g/mol. The van der Waals surface area contributed by atoms with Gasteiger partial charge in [0, 0.05) is 18.5 Å². The first kappa shape index (κ1) is 16.1. The lowest BCUT2D eigenvalue weighted by Gasteiger charge is -2.31. The van der Waals surface area contributed by atoms with E-state index in [1.54, 1.807) is 0 Å². The largest absolute Gasteiger partial charge is 0.339 e. The molecule has 1 N–H and O–H groups in total. The minimum absolute atomic E-state index is 0. The average Bonchev–Trinajstić information content (AvgIpc) is 3.18. The zero-order chi connectivity index (χ0) is 13.3. The van der Waals surface area contributed by atoms with Gasteiger partial charge in [0.15, 0.2) is 0 Å². The van der Waals surface area contributed by atoms with Crippen molar-refractivity contribution in [3.8, 4) is 0 Å². The molecule has 3 nitrogen and oxygen atoms in total. The number of hydrogen-bond donors (Lipinski definition) is 1. The van der Waals surface area contributed by atoms with E-state index in [1.807, 2.05) is 0 Å². The van der Waals surface area contributed by atoms with E-state index < -0.39 is 0 Å². The van der Waals surface area contributed by atoms with Crippen molar-refractivity contribution in [2.75, 3.05) is 19.6 Å². The maximum absolute atomic E-state index is 12.9. The molecule has 2 unspecified atom stereocenters. The number of amides is 1. The van der Waals surface area contributed by atoms with Crippen molar-refractivity contribution in [3.05, 3.63) is 0 Å². The Bertz CT molecular complexity index is 341. The standard InChI is InChI=1S/C16H28N2O.ClH/c1-2-13-6-4-3-5-11-18(13)15(19)14-12-16(14)7-9-17-10-8-16;/h13-14,17H,2-12H2,1H3;1H. The quantitative estimate of drug-likeness (QED) is 0.850. The molecular formula is C16H29ClN2O. The highest BCUT2D eigenvalue weighted by Gasteiger charge is 2.58. The smallest absolute Gasteiger partial charge is 0.226 e. The Morgan fingerprint density at radius 1 is 1.25 bits per heavy atom. The van der Waals surface area contributed by atoms with Crippen LogP contribution in [0, 0.1) is 11.3 Å². The van der Waals surface area contributed by atoms with Gasteiger partial charge in [0.25, 0.3) is 0 Å². The number of hydrogen-bond acceptors (Lipinski definition) is 2. The van der Waals surface area contributed by atoms with E-state index in [2.05, 4.69) is 17.1 Å². The number of halogens is 1. The van der Waals surface area contributed by atoms with Gasteiger partial charge < -0.3 is 10.2 Å². The molecule has 1 saturated carbocycles. The Morgan fingerprint density at radius 3 is 2.70 bits per heavy atom. The molecule has 1 aliphatic carbocycles. The third-order valence-electron chi connectivity index (χ3n) is 5.72. The molecule has 20 heavy (non-hydrogen) atoms. The average molecular weight is 301 g/mol. The predicted octanol–water partition coefficient (Wildman–Crippen LogP) is 2.98. The van der Waals surface area contributed by atoms with Crippen LogP contribution in [-0.2, 0) is 4.79 Å². The lowest BCUT2D eigenvalue weighted by molar-refractivity contribution is -0.136. The van der Waals surface area contributed by atoms with Crippen LogP contribution in [0.3, 0.4) is 0 Å². The van der Waals surface area contributed by atoms with Crippen LogP contribution in [0.2, 0.25) is 0 Å². The highest BCUT2D eigenvalue weighted by molar-refractivity contribution is 5.85. The predicted molar refractivity (Wildman–Crippen MR) is 84.2 cm³/mol. The summed E-state index contributed by atoms with van der Waals surface area (Å²) in [6.45, 7) is 5.48. The van der Waals surface area contributed by atoms with Crippen molar-refractivity contribution in [3.63, 3.8) is 0 Å². The third-order valence-corrected chi connectivity index (χ3v) is 5.72. The normalized spacial score (nSPS) is 32.4. The summed E-state index contributed by atoms with van der Waals surface area (Å²) in [7, 11) is 0. The fourth-order valence-corrected chi connectivity index (χ4v) is 4.27. The molecule has 2 heterocycles. The van der Waals surface area contributed by atoms with Crippen molar-refractivity contribution >= 4 is 18.3 Å². The van der Waals surface area contributed by atoms with E-state index in [-0.39, 0.29) is 12.4 Å². The van der Waals surface area contributed by atoms with Gasteiger partial charge in [0.05, 0.1) is 0 Å². The molecule has 0 aromatic heterocycles. The van der Waals surface area contributed by atoms with Gasteiger partial charge in [-0.2, -0.15) is 0 Å². The molecule has 0 radical (unpaired) electrons. The maximum Gasteiger partial charge on any atom is 0.226 e. The molecule has 2 atom stereocenters. The molecule has 3 rings (SSSR count). The zero-order valence-corrected chi connectivity index (χ0v) is 13.5. The number of carbonyl (C=O) groups is 1. The Morgan fingerprint density at radius 2 is 2.00 bits per heavy atom. The third kappa shape index (κ3) is 2.99. The summed E-state index contributed by atoms with van der Waals surface area (Å²) in [5.74, 6) is 0.859. The van der Waals surface area contributed by atoms with Crippen molar-refractivity contribution in [1.82, 2.24) is 10.2 Å². The SMILES string of the molecule is CCC1CCCCCN1C(=O)C1CC12CCNCC2.Cl. The molecule has 3 fully saturated rings. The lowest BCUT2D eigenvalue weighted by Crippen LogP contribution is -2.42. The van der Waals surface area contributed by atoms with Gasteiger partial charge in [-0.15, -0.1) is 12.4 Å². The first-order valence-corrected chi connectivity index (χ1v) is 8.28. The van der Waals surface area contributed by atoms with Crippen molar-refractivity contribution in [2.24, 2.45) is 11.3 Å². The number of nitrogens with one attached hydrogen (secondary N) is 1. The van der Waals surface area contributed by atoms with E-state index >= 15 is 0 Å². The minimum Gasteiger partial charge on any atom is -0.339 e. The van der Waals surface area contributed by atoms with Crippen LogP contribution in [-0.4, -0.2) is 36.5 Å². The summed E-state index contributed by atoms with van der Waals surface area (Å²) < 4.78 is 0. The molecule has 4 heteroatoms. The molecule has 116 valence electrons. The number of carbonyl (C=O) groups excluding carboxylic acids is 1. The summed E-state index contributed by atoms with van der Waals surface area (Å²) >= 11 is 0. The van der Waals surface area contributed by atoms with Gasteiger partial charge in [-0.3, -0.25) is 4.79 Å². The van der Waals surface area contributed by atoms with Crippen molar-refractivity contribution in [2.45, 2.75) is 64.3 Å². The summed E-state index contributed by atoms with van der Waals surface area (Å²) in [6.07, 6.45) is 9.78. The van der Waals surface area contributed by atoms with Crippen LogP contribution in [0.4, 0.5) is 0 Å². The zero-order valence-electron chi connectivity index (χ0n) is 12.7. The second-order valence-corrected chi connectivity index (χ2v) is 6.81. The molecule has 1 amide bonds. The van der Waals surface area contributed by atoms with E-state index in [9.17, 15) is 4.79 Å². The second kappa shape index (κ2) is 6.65. The second-order valence-electron chi connectivity index (χ2n) is 6.81. The van der Waals surface area contributed by atoms with Crippen LogP contribution in [0.15, 0.2) is 0 Å². The topological polar surface area (TPSA) is 32.3 Å². The first-order valence-electron chi connectivity index (χ1n) is 8.28. The lowest BCUT2D eigenvalue weighted by atomic mass is 9.91. The molecule has 3 aliphatic rings. The molecule has 0 aromatic carbocycles. The molecule has 0 bridgehead atoms. The van der Waals surface area contributed by atoms with E-state index in [0.29, 0.717) is 23.3 Å². The molecule has 2 aliphatic heterocycles. The summed E-state index contributed by atoms with van der Waals surface area (Å²) in [6, 6.07) is 0.523. The Hall–Kier alpha value is -0.280. The molecule has 1 spiro atoms. The summed E-state index contributed by atoms with van der Waals surface area (Å²) in [5, 5.41) is 3.42. The molecule has 0 aromatic rings. The van der Waals surface area contributed by atoms with Gasteiger partial charge >= 0.3 is 0 Å². The number of rotatable bonds is 2. The Labute approximate surface area is 129 Å². The van der Waals surface area contributed by atoms with Crippen molar-refractivity contribution < 1.29 is 4.79 Å². The van der Waals surface area contributed by atoms with E-state index in [0.717, 1.165) is 26.1 Å². The van der Waals surface area contributed by atoms with Crippen LogP contribution >= 0.6 is 12.4 Å². The fraction of sp³-hybridized carbons (Fsp3) is 0.938. The summed E-state index contributed by atoms with van der Waals surface area (Å²) in [5.41, 5.74) is 0.396. The highest BCUT2D eigenvalue weighted by atomic mass is 35.5. The Balaban J connectivity index is 0.00000147.